The maximum absolute atomic E-state index is 15.5. The number of nitrogens with one attached hydrogen (secondary N) is 1. The van der Waals surface area contributed by atoms with E-state index < -0.39 is 40.8 Å². The highest BCUT2D eigenvalue weighted by atomic mass is 19.4. The van der Waals surface area contributed by atoms with Crippen molar-refractivity contribution in [1.29, 1.82) is 0 Å². The third kappa shape index (κ3) is 3.10. The Bertz CT molecular complexity index is 1360. The van der Waals surface area contributed by atoms with E-state index in [1.54, 1.807) is 0 Å². The van der Waals surface area contributed by atoms with E-state index >= 15 is 8.78 Å². The summed E-state index contributed by atoms with van der Waals surface area (Å²) >= 11 is 0. The van der Waals surface area contributed by atoms with Gasteiger partial charge in [-0.1, -0.05) is 18.2 Å². The van der Waals surface area contributed by atoms with Crippen molar-refractivity contribution in [3.8, 4) is 0 Å². The molecule has 0 amide bonds. The van der Waals surface area contributed by atoms with E-state index in [-0.39, 0.29) is 30.4 Å². The van der Waals surface area contributed by atoms with Gasteiger partial charge in [-0.05, 0) is 61.1 Å². The molecule has 2 aromatic carbocycles. The summed E-state index contributed by atoms with van der Waals surface area (Å²) in [6.07, 6.45) is -2.07. The Morgan fingerprint density at radius 2 is 1.77 bits per heavy atom. The van der Waals surface area contributed by atoms with Gasteiger partial charge >= 0.3 is 12.1 Å². The van der Waals surface area contributed by atoms with Crippen LogP contribution in [0.15, 0.2) is 42.5 Å². The summed E-state index contributed by atoms with van der Waals surface area (Å²) in [6, 6.07) is 8.70. The number of aromatic amines is 1. The Morgan fingerprint density at radius 1 is 1.11 bits per heavy atom. The maximum atomic E-state index is 15.5. The highest BCUT2D eigenvalue weighted by Gasteiger charge is 2.80. The molecular formula is C26H21F5N2O2. The van der Waals surface area contributed by atoms with Crippen molar-refractivity contribution in [3.05, 3.63) is 76.5 Å². The molecule has 1 atom stereocenters. The van der Waals surface area contributed by atoms with Crippen molar-refractivity contribution < 1.29 is 31.9 Å². The smallest absolute Gasteiger partial charge is 0.394 e. The van der Waals surface area contributed by atoms with Crippen LogP contribution in [0.3, 0.4) is 0 Å². The summed E-state index contributed by atoms with van der Waals surface area (Å²) in [5, 5.41) is 9.75. The lowest BCUT2D eigenvalue weighted by Crippen LogP contribution is -2.79. The zero-order valence-electron chi connectivity index (χ0n) is 18.4. The predicted molar refractivity (Wildman–Crippen MR) is 119 cm³/mol. The summed E-state index contributed by atoms with van der Waals surface area (Å²) < 4.78 is 71.7. The van der Waals surface area contributed by atoms with Crippen LogP contribution in [0.1, 0.15) is 47.7 Å². The molecular weight excluding hydrogens is 467 g/mol. The first-order valence-electron chi connectivity index (χ1n) is 11.4. The van der Waals surface area contributed by atoms with Crippen LogP contribution in [0.25, 0.3) is 17.0 Å². The van der Waals surface area contributed by atoms with Gasteiger partial charge in [0.25, 0.3) is 0 Å². The molecule has 0 saturated heterocycles. The minimum Gasteiger partial charge on any atom is -0.478 e. The first-order valence-corrected chi connectivity index (χ1v) is 11.4. The largest absolute Gasteiger partial charge is 0.478 e. The molecule has 1 aromatic heterocycles. The summed E-state index contributed by atoms with van der Waals surface area (Å²) in [5.41, 5.74) is -0.336. The van der Waals surface area contributed by atoms with Crippen LogP contribution in [-0.2, 0) is 11.2 Å². The number of nitrogens with zero attached hydrogens (tertiary/aromatic N) is 1. The molecule has 2 bridgehead atoms. The number of alkyl halides is 3. The van der Waals surface area contributed by atoms with E-state index in [0.717, 1.165) is 40.8 Å². The minimum absolute atomic E-state index is 0.0481. The van der Waals surface area contributed by atoms with Gasteiger partial charge in [0.2, 0.25) is 0 Å². The fourth-order valence-electron chi connectivity index (χ4n) is 6.52. The third-order valence-electron chi connectivity index (χ3n) is 8.04. The average molecular weight is 488 g/mol. The standard InChI is InChI=1S/C26H21F5N2O2/c27-17-9-14(5-6-20(34)35)10-18(28)21(17)23-22-16(15-3-1-2-4-19(15)32-22)7-8-33(23)25-11-24(12-25,13-25)26(29,30)31/h1-6,9-10,23,32H,7-8,11-13H2,(H,34,35)/b6-5+/t23-,24?,25?/m1/s1. The molecule has 3 aliphatic carbocycles. The van der Waals surface area contributed by atoms with Gasteiger partial charge in [-0.15, -0.1) is 0 Å². The van der Waals surface area contributed by atoms with Crippen LogP contribution in [0, 0.1) is 17.0 Å². The maximum Gasteiger partial charge on any atom is 0.394 e. The number of hydrogen-bond donors (Lipinski definition) is 2. The SMILES string of the molecule is O=C(O)/C=C/c1cc(F)c([C@@H]2c3[nH]c4ccccc4c3CCN2C23CC(C(F)(F)F)(C2)C3)c(F)c1. The van der Waals surface area contributed by atoms with Crippen molar-refractivity contribution in [2.75, 3.05) is 6.54 Å². The molecule has 2 heterocycles. The molecule has 4 nitrogen and oxygen atoms in total. The molecule has 2 N–H and O–H groups in total. The average Bonchev–Trinajstić information content (AvgIpc) is 3.08. The van der Waals surface area contributed by atoms with Gasteiger partial charge in [0.05, 0.1) is 11.5 Å². The number of halogens is 5. The summed E-state index contributed by atoms with van der Waals surface area (Å²) in [6.45, 7) is 0.382. The second-order valence-electron chi connectivity index (χ2n) is 10.0. The predicted octanol–water partition coefficient (Wildman–Crippen LogP) is 5.98. The van der Waals surface area contributed by atoms with E-state index in [9.17, 15) is 18.0 Å². The molecule has 182 valence electrons. The highest BCUT2D eigenvalue weighted by Crippen LogP contribution is 2.76. The third-order valence-corrected chi connectivity index (χ3v) is 8.04. The molecule has 7 rings (SSSR count). The van der Waals surface area contributed by atoms with Gasteiger partial charge < -0.3 is 10.1 Å². The van der Waals surface area contributed by atoms with Gasteiger partial charge in [-0.3, -0.25) is 4.90 Å². The van der Waals surface area contributed by atoms with E-state index in [1.807, 2.05) is 29.2 Å². The van der Waals surface area contributed by atoms with Crippen LogP contribution in [0.5, 0.6) is 0 Å². The van der Waals surface area contributed by atoms with Crippen molar-refractivity contribution in [2.24, 2.45) is 5.41 Å². The molecule has 3 aromatic rings. The number of para-hydroxylation sites is 1. The second-order valence-corrected chi connectivity index (χ2v) is 10.0. The van der Waals surface area contributed by atoms with Crippen LogP contribution in [0.2, 0.25) is 0 Å². The Balaban J connectivity index is 1.47. The second kappa shape index (κ2) is 7.16. The molecule has 1 aliphatic heterocycles. The van der Waals surface area contributed by atoms with Crippen molar-refractivity contribution in [2.45, 2.75) is 43.4 Å². The van der Waals surface area contributed by atoms with Gasteiger partial charge in [0, 0.05) is 40.3 Å². The lowest BCUT2D eigenvalue weighted by Gasteiger charge is -2.75. The zero-order valence-corrected chi connectivity index (χ0v) is 18.4. The number of carbonyl (C=O) groups is 1. The summed E-state index contributed by atoms with van der Waals surface area (Å²) in [7, 11) is 0. The number of hydrogen-bond acceptors (Lipinski definition) is 2. The lowest BCUT2D eigenvalue weighted by atomic mass is 9.38. The van der Waals surface area contributed by atoms with E-state index in [0.29, 0.717) is 18.7 Å². The number of carboxylic acids is 1. The molecule has 35 heavy (non-hydrogen) atoms. The molecule has 0 spiro atoms. The number of rotatable bonds is 4. The van der Waals surface area contributed by atoms with Crippen LogP contribution in [0.4, 0.5) is 22.0 Å². The normalized spacial score (nSPS) is 28.1. The van der Waals surface area contributed by atoms with Crippen LogP contribution < -0.4 is 0 Å². The molecule has 0 radical (unpaired) electrons. The van der Waals surface area contributed by atoms with Crippen molar-refractivity contribution in [1.82, 2.24) is 9.88 Å². The number of aliphatic carboxylic acids is 1. The summed E-state index contributed by atoms with van der Waals surface area (Å²) in [5.74, 6) is -2.99. The Labute approximate surface area is 197 Å². The number of carboxylic acid groups (broad SMARTS) is 1. The van der Waals surface area contributed by atoms with Gasteiger partial charge in [0.1, 0.15) is 11.6 Å². The zero-order chi connectivity index (χ0) is 24.8. The minimum atomic E-state index is -4.29. The molecule has 0 unspecified atom stereocenters. The quantitative estimate of drug-likeness (QED) is 0.351. The number of fused-ring (bicyclic) bond motifs is 3. The first kappa shape index (κ1) is 22.3. The van der Waals surface area contributed by atoms with Crippen LogP contribution in [-0.4, -0.2) is 39.2 Å². The fourth-order valence-corrected chi connectivity index (χ4v) is 6.52. The first-order chi connectivity index (χ1) is 16.5. The van der Waals surface area contributed by atoms with E-state index in [4.69, 9.17) is 5.11 Å². The lowest BCUT2D eigenvalue weighted by molar-refractivity contribution is -0.365. The number of benzene rings is 2. The Morgan fingerprint density at radius 3 is 2.40 bits per heavy atom. The van der Waals surface area contributed by atoms with Crippen molar-refractivity contribution >= 4 is 22.9 Å². The van der Waals surface area contributed by atoms with Gasteiger partial charge in [-0.25, -0.2) is 13.6 Å². The van der Waals surface area contributed by atoms with Gasteiger partial charge in [0.15, 0.2) is 0 Å². The molecule has 4 aliphatic rings. The monoisotopic (exact) mass is 488 g/mol. The number of aromatic nitrogens is 1. The Hall–Kier alpha value is -3.20. The fraction of sp³-hybridized carbons (Fsp3) is 0.346. The van der Waals surface area contributed by atoms with Crippen LogP contribution >= 0.6 is 0 Å². The van der Waals surface area contributed by atoms with Gasteiger partial charge in [-0.2, -0.15) is 13.2 Å². The van der Waals surface area contributed by atoms with E-state index in [1.165, 1.54) is 0 Å². The Kier molecular flexibility index (Phi) is 4.56. The molecule has 3 fully saturated rings. The highest BCUT2D eigenvalue weighted by molar-refractivity contribution is 5.86. The molecule has 3 saturated carbocycles. The van der Waals surface area contributed by atoms with Crippen molar-refractivity contribution in [3.63, 3.8) is 0 Å². The van der Waals surface area contributed by atoms with E-state index in [2.05, 4.69) is 4.98 Å². The number of H-pyrrole nitrogens is 1. The summed E-state index contributed by atoms with van der Waals surface area (Å²) in [4.78, 5) is 16.0. The topological polar surface area (TPSA) is 56.3 Å². The molecule has 9 heteroatoms.